The van der Waals surface area contributed by atoms with Crippen LogP contribution in [-0.2, 0) is 9.22 Å². The molecule has 0 amide bonds. The van der Waals surface area contributed by atoms with Gasteiger partial charge in [-0.15, -0.1) is 0 Å². The molecular weight excluding hydrogens is 158 g/mol. The molecule has 0 heterocycles. The Morgan fingerprint density at radius 1 is 1.55 bits per heavy atom. The van der Waals surface area contributed by atoms with E-state index in [1.54, 1.807) is 0 Å². The molecule has 0 aliphatic rings. The quantitative estimate of drug-likeness (QED) is 0.245. The smallest absolute Gasteiger partial charge is 0.234 e. The van der Waals surface area contributed by atoms with Gasteiger partial charge in [-0.3, -0.25) is 0 Å². The zero-order chi connectivity index (χ0) is 8.36. The van der Waals surface area contributed by atoms with Crippen molar-refractivity contribution in [3.8, 4) is 0 Å². The Hall–Kier alpha value is -0.443. The number of isocyanates is 1. The van der Waals surface area contributed by atoms with Crippen molar-refractivity contribution in [1.29, 1.82) is 0 Å². The number of carbonyl (C=O) groups excluding carboxylic acids is 1. The fraction of sp³-hybridized carbons (Fsp3) is 0.857. The van der Waals surface area contributed by atoms with Crippen LogP contribution in [0.1, 0.15) is 19.8 Å². The van der Waals surface area contributed by atoms with Crippen LogP contribution >= 0.6 is 0 Å². The third-order valence-electron chi connectivity index (χ3n) is 1.33. The third-order valence-corrected chi connectivity index (χ3v) is 2.81. The molecule has 0 aliphatic carbocycles. The fourth-order valence-corrected chi connectivity index (χ4v) is 1.81. The molecule has 4 heteroatoms. The normalized spacial score (nSPS) is 10.3. The summed E-state index contributed by atoms with van der Waals surface area (Å²) in [6, 6.07) is 1.20. The maximum absolute atomic E-state index is 9.63. The molecule has 0 spiro atoms. The summed E-state index contributed by atoms with van der Waals surface area (Å²) >= 11 is 0. The molecule has 0 fully saturated rings. The second-order valence-electron chi connectivity index (χ2n) is 2.23. The van der Waals surface area contributed by atoms with E-state index in [2.05, 4.69) is 4.99 Å². The lowest BCUT2D eigenvalue weighted by Crippen LogP contribution is -1.97. The number of hydrogen-bond donors (Lipinski definition) is 0. The Morgan fingerprint density at radius 2 is 2.36 bits per heavy atom. The SMILES string of the molecule is CCO[SiH2]CCCCN=C=O. The molecule has 0 atom stereocenters. The molecule has 0 aromatic rings. The molecule has 0 bridgehead atoms. The van der Waals surface area contributed by atoms with E-state index in [9.17, 15) is 4.79 Å². The van der Waals surface area contributed by atoms with Crippen LogP contribution in [-0.4, -0.2) is 29.0 Å². The van der Waals surface area contributed by atoms with Gasteiger partial charge in [0, 0.05) is 6.61 Å². The van der Waals surface area contributed by atoms with Crippen LogP contribution in [0, 0.1) is 0 Å². The Morgan fingerprint density at radius 3 is 3.00 bits per heavy atom. The average molecular weight is 173 g/mol. The average Bonchev–Trinajstić information content (AvgIpc) is 2.03. The standard InChI is InChI=1S/C7H15NO2Si/c1-2-10-11-6-4-3-5-8-7-9/h2-6,11H2,1H3. The highest BCUT2D eigenvalue weighted by Crippen LogP contribution is 1.95. The molecule has 0 radical (unpaired) electrons. The van der Waals surface area contributed by atoms with Crippen LogP contribution in [0.15, 0.2) is 4.99 Å². The largest absolute Gasteiger partial charge is 0.424 e. The predicted octanol–water partition coefficient (Wildman–Crippen LogP) is 0.641. The first-order valence-corrected chi connectivity index (χ1v) is 5.61. The van der Waals surface area contributed by atoms with Crippen molar-refractivity contribution in [1.82, 2.24) is 0 Å². The van der Waals surface area contributed by atoms with Gasteiger partial charge in [0.15, 0.2) is 9.76 Å². The van der Waals surface area contributed by atoms with E-state index >= 15 is 0 Å². The first kappa shape index (κ1) is 10.6. The minimum Gasteiger partial charge on any atom is -0.424 e. The van der Waals surface area contributed by atoms with E-state index in [1.165, 1.54) is 12.1 Å². The molecule has 64 valence electrons. The third kappa shape index (κ3) is 9.56. The molecular formula is C7H15NO2Si. The Labute approximate surface area is 69.8 Å². The lowest BCUT2D eigenvalue weighted by molar-refractivity contribution is 0.359. The predicted molar refractivity (Wildman–Crippen MR) is 47.2 cm³/mol. The van der Waals surface area contributed by atoms with E-state index in [0.717, 1.165) is 19.4 Å². The molecule has 3 nitrogen and oxygen atoms in total. The number of hydrogen-bond acceptors (Lipinski definition) is 3. The molecule has 0 unspecified atom stereocenters. The molecule has 0 saturated carbocycles. The van der Waals surface area contributed by atoms with Crippen LogP contribution < -0.4 is 0 Å². The highest BCUT2D eigenvalue weighted by Gasteiger charge is 1.88. The number of nitrogens with zero attached hydrogens (tertiary/aromatic N) is 1. The molecule has 11 heavy (non-hydrogen) atoms. The van der Waals surface area contributed by atoms with Crippen LogP contribution in [0.3, 0.4) is 0 Å². The number of aliphatic imine (C=N–C) groups is 1. The summed E-state index contributed by atoms with van der Waals surface area (Å²) in [5, 5.41) is 0. The first-order valence-electron chi connectivity index (χ1n) is 4.03. The molecule has 0 rings (SSSR count). The van der Waals surface area contributed by atoms with Gasteiger partial charge in [0.25, 0.3) is 0 Å². The first-order chi connectivity index (χ1) is 5.41. The summed E-state index contributed by atoms with van der Waals surface area (Å²) < 4.78 is 5.27. The second-order valence-corrected chi connectivity index (χ2v) is 3.75. The van der Waals surface area contributed by atoms with Crippen molar-refractivity contribution in [2.24, 2.45) is 4.99 Å². The summed E-state index contributed by atoms with van der Waals surface area (Å²) in [5.74, 6) is 0. The van der Waals surface area contributed by atoms with Crippen LogP contribution in [0.2, 0.25) is 6.04 Å². The molecule has 0 N–H and O–H groups in total. The van der Waals surface area contributed by atoms with Crippen molar-refractivity contribution in [2.45, 2.75) is 25.8 Å². The Kier molecular flexibility index (Phi) is 9.17. The van der Waals surface area contributed by atoms with Gasteiger partial charge >= 0.3 is 0 Å². The second kappa shape index (κ2) is 9.56. The number of rotatable bonds is 7. The molecule has 0 aromatic heterocycles. The van der Waals surface area contributed by atoms with Crippen molar-refractivity contribution >= 4 is 15.8 Å². The van der Waals surface area contributed by atoms with Gasteiger partial charge in [-0.05, 0) is 19.4 Å². The summed E-state index contributed by atoms with van der Waals surface area (Å²) in [4.78, 5) is 13.1. The maximum Gasteiger partial charge on any atom is 0.234 e. The lowest BCUT2D eigenvalue weighted by Gasteiger charge is -1.97. The van der Waals surface area contributed by atoms with Gasteiger partial charge in [0.1, 0.15) is 0 Å². The van der Waals surface area contributed by atoms with Crippen molar-refractivity contribution < 1.29 is 9.22 Å². The fourth-order valence-electron chi connectivity index (χ4n) is 0.762. The van der Waals surface area contributed by atoms with Gasteiger partial charge in [0.05, 0.1) is 6.54 Å². The van der Waals surface area contributed by atoms with E-state index in [1.807, 2.05) is 6.92 Å². The monoisotopic (exact) mass is 173 g/mol. The minimum atomic E-state index is -0.263. The van der Waals surface area contributed by atoms with E-state index in [4.69, 9.17) is 4.43 Å². The summed E-state index contributed by atoms with van der Waals surface area (Å²) in [6.45, 7) is 3.49. The van der Waals surface area contributed by atoms with Crippen LogP contribution in [0.5, 0.6) is 0 Å². The van der Waals surface area contributed by atoms with Crippen LogP contribution in [0.4, 0.5) is 0 Å². The van der Waals surface area contributed by atoms with Gasteiger partial charge in [0.2, 0.25) is 6.08 Å². The topological polar surface area (TPSA) is 38.7 Å². The highest BCUT2D eigenvalue weighted by molar-refractivity contribution is 6.26. The zero-order valence-corrected chi connectivity index (χ0v) is 8.42. The van der Waals surface area contributed by atoms with Crippen molar-refractivity contribution in [3.63, 3.8) is 0 Å². The summed E-state index contributed by atoms with van der Waals surface area (Å²) in [7, 11) is -0.263. The van der Waals surface area contributed by atoms with Gasteiger partial charge in [-0.25, -0.2) is 9.79 Å². The van der Waals surface area contributed by atoms with Crippen molar-refractivity contribution in [2.75, 3.05) is 13.2 Å². The maximum atomic E-state index is 9.63. The van der Waals surface area contributed by atoms with E-state index in [-0.39, 0.29) is 9.76 Å². The van der Waals surface area contributed by atoms with Crippen LogP contribution in [0.25, 0.3) is 0 Å². The minimum absolute atomic E-state index is 0.263. The summed E-state index contributed by atoms with van der Waals surface area (Å²) in [6.07, 6.45) is 3.66. The van der Waals surface area contributed by atoms with Crippen molar-refractivity contribution in [3.05, 3.63) is 0 Å². The molecule has 0 saturated heterocycles. The molecule has 0 aliphatic heterocycles. The number of unbranched alkanes of at least 4 members (excludes halogenated alkanes) is 1. The Bertz CT molecular complexity index is 124. The van der Waals surface area contributed by atoms with Gasteiger partial charge in [-0.2, -0.15) is 0 Å². The van der Waals surface area contributed by atoms with Gasteiger partial charge < -0.3 is 4.43 Å². The van der Waals surface area contributed by atoms with E-state index < -0.39 is 0 Å². The molecule has 0 aromatic carbocycles. The van der Waals surface area contributed by atoms with E-state index in [0.29, 0.717) is 6.54 Å². The lowest BCUT2D eigenvalue weighted by atomic mass is 10.3. The summed E-state index contributed by atoms with van der Waals surface area (Å²) in [5.41, 5.74) is 0. The van der Waals surface area contributed by atoms with Gasteiger partial charge in [-0.1, -0.05) is 6.42 Å². The zero-order valence-electron chi connectivity index (χ0n) is 7.01. The Balaban J connectivity index is 2.84. The highest BCUT2D eigenvalue weighted by atomic mass is 28.2.